The van der Waals surface area contributed by atoms with E-state index in [1.54, 1.807) is 55.6 Å². The summed E-state index contributed by atoms with van der Waals surface area (Å²) >= 11 is 3.27. The Morgan fingerprint density at radius 2 is 1.74 bits per heavy atom. The maximum Gasteiger partial charge on any atom is 0.251 e. The Balaban J connectivity index is 2.20. The van der Waals surface area contributed by atoms with Gasteiger partial charge in [0, 0.05) is 30.7 Å². The van der Waals surface area contributed by atoms with E-state index in [-0.39, 0.29) is 17.3 Å². The maximum atomic E-state index is 12.6. The summed E-state index contributed by atoms with van der Waals surface area (Å²) in [6.07, 6.45) is 0. The van der Waals surface area contributed by atoms with Gasteiger partial charge in [-0.2, -0.15) is 4.31 Å². The van der Waals surface area contributed by atoms with Crippen LogP contribution in [0.3, 0.4) is 0 Å². The number of carbonyl (C=O) groups is 1. The molecule has 0 atom stereocenters. The van der Waals surface area contributed by atoms with E-state index in [0.29, 0.717) is 10.0 Å². The largest absolute Gasteiger partial charge is 0.355 e. The number of carbonyl (C=O) groups excluding carboxylic acids is 1. The van der Waals surface area contributed by atoms with Crippen molar-refractivity contribution in [2.75, 3.05) is 14.1 Å². The molecular weight excluding hydrogens is 380 g/mol. The van der Waals surface area contributed by atoms with Crippen molar-refractivity contribution in [3.63, 3.8) is 0 Å². The number of nitrogens with zero attached hydrogens (tertiary/aromatic N) is 1. The van der Waals surface area contributed by atoms with Gasteiger partial charge >= 0.3 is 0 Å². The second-order valence-corrected chi connectivity index (χ2v) is 7.84. The van der Waals surface area contributed by atoms with Gasteiger partial charge in [0.25, 0.3) is 5.91 Å². The third-order valence-corrected chi connectivity index (χ3v) is 6.19. The molecule has 1 N–H and O–H groups in total. The summed E-state index contributed by atoms with van der Waals surface area (Å²) in [5, 5.41) is 2.54. The minimum Gasteiger partial charge on any atom is -0.355 e. The molecule has 2 aromatic rings. The Labute approximate surface area is 144 Å². The Morgan fingerprint density at radius 3 is 2.30 bits per heavy atom. The van der Waals surface area contributed by atoms with Gasteiger partial charge in [-0.25, -0.2) is 8.42 Å². The van der Waals surface area contributed by atoms with E-state index in [1.165, 1.54) is 11.4 Å². The molecule has 5 nitrogen and oxygen atoms in total. The van der Waals surface area contributed by atoms with E-state index in [0.717, 1.165) is 5.56 Å². The van der Waals surface area contributed by atoms with Crippen LogP contribution >= 0.6 is 15.9 Å². The van der Waals surface area contributed by atoms with Crippen LogP contribution in [0.4, 0.5) is 0 Å². The van der Waals surface area contributed by atoms with Crippen molar-refractivity contribution in [2.24, 2.45) is 0 Å². The average molecular weight is 397 g/mol. The van der Waals surface area contributed by atoms with E-state index < -0.39 is 10.0 Å². The second kappa shape index (κ2) is 7.25. The number of halogens is 1. The van der Waals surface area contributed by atoms with Crippen LogP contribution in [-0.2, 0) is 16.6 Å². The molecule has 1 amide bonds. The van der Waals surface area contributed by atoms with Crippen LogP contribution in [-0.4, -0.2) is 32.7 Å². The first-order valence-corrected chi connectivity index (χ1v) is 9.11. The summed E-state index contributed by atoms with van der Waals surface area (Å²) in [5.74, 6) is -0.175. The molecule has 0 unspecified atom stereocenters. The van der Waals surface area contributed by atoms with Gasteiger partial charge < -0.3 is 5.32 Å². The topological polar surface area (TPSA) is 66.5 Å². The Bertz CT molecular complexity index is 804. The lowest BCUT2D eigenvalue weighted by molar-refractivity contribution is 0.0963. The minimum atomic E-state index is -3.59. The molecule has 0 bridgehead atoms. The third-order valence-electron chi connectivity index (χ3n) is 3.37. The van der Waals surface area contributed by atoms with Crippen LogP contribution in [0.25, 0.3) is 0 Å². The fourth-order valence-corrected chi connectivity index (χ4v) is 4.19. The molecule has 0 spiro atoms. The van der Waals surface area contributed by atoms with Gasteiger partial charge in [-0.15, -0.1) is 0 Å². The molecule has 0 aliphatic carbocycles. The number of rotatable bonds is 5. The number of nitrogens with one attached hydrogen (secondary N) is 1. The second-order valence-electron chi connectivity index (χ2n) is 4.97. The lowest BCUT2D eigenvalue weighted by Crippen LogP contribution is -2.26. The molecule has 0 saturated heterocycles. The fourth-order valence-electron chi connectivity index (χ4n) is 2.07. The first-order chi connectivity index (χ1) is 10.9. The molecule has 0 heterocycles. The average Bonchev–Trinajstić information content (AvgIpc) is 2.55. The van der Waals surface area contributed by atoms with Crippen LogP contribution in [0, 0.1) is 0 Å². The number of amides is 1. The highest BCUT2D eigenvalue weighted by atomic mass is 79.9. The standard InChI is InChI=1S/C16H17BrN2O3S/c1-18-16(20)13-9-7-12(8-10-13)11-19(2)23(21,22)15-6-4-3-5-14(15)17/h3-10H,11H2,1-2H3,(H,18,20). The van der Waals surface area contributed by atoms with Crippen molar-refractivity contribution in [2.45, 2.75) is 11.4 Å². The molecule has 0 saturated carbocycles. The zero-order valence-electron chi connectivity index (χ0n) is 12.8. The van der Waals surface area contributed by atoms with Crippen LogP contribution < -0.4 is 5.32 Å². The van der Waals surface area contributed by atoms with Crippen LogP contribution in [0.5, 0.6) is 0 Å². The first-order valence-electron chi connectivity index (χ1n) is 6.88. The lowest BCUT2D eigenvalue weighted by Gasteiger charge is -2.18. The highest BCUT2D eigenvalue weighted by Crippen LogP contribution is 2.24. The van der Waals surface area contributed by atoms with Crippen molar-refractivity contribution in [3.8, 4) is 0 Å². The normalized spacial score (nSPS) is 11.5. The molecule has 0 aliphatic rings. The minimum absolute atomic E-state index is 0.175. The molecule has 2 aromatic carbocycles. The van der Waals surface area contributed by atoms with Gasteiger partial charge in [0.15, 0.2) is 0 Å². The molecule has 0 aliphatic heterocycles. The molecule has 0 fully saturated rings. The number of benzene rings is 2. The van der Waals surface area contributed by atoms with Crippen molar-refractivity contribution in [1.82, 2.24) is 9.62 Å². The van der Waals surface area contributed by atoms with Gasteiger partial charge in [-0.05, 0) is 45.8 Å². The summed E-state index contributed by atoms with van der Waals surface area (Å²) in [5.41, 5.74) is 1.34. The Kier molecular flexibility index (Phi) is 5.56. The van der Waals surface area contributed by atoms with Crippen molar-refractivity contribution < 1.29 is 13.2 Å². The number of hydrogen-bond acceptors (Lipinski definition) is 3. The molecular formula is C16H17BrN2O3S. The summed E-state index contributed by atoms with van der Waals surface area (Å²) in [6.45, 7) is 0.220. The number of sulfonamides is 1. The first kappa shape index (κ1) is 17.7. The van der Waals surface area contributed by atoms with E-state index in [2.05, 4.69) is 21.2 Å². The summed E-state index contributed by atoms with van der Waals surface area (Å²) in [7, 11) is -0.499. The fraction of sp³-hybridized carbons (Fsp3) is 0.188. The highest BCUT2D eigenvalue weighted by molar-refractivity contribution is 9.10. The summed E-state index contributed by atoms with van der Waals surface area (Å²) in [4.78, 5) is 11.7. The van der Waals surface area contributed by atoms with Crippen LogP contribution in [0.1, 0.15) is 15.9 Å². The SMILES string of the molecule is CNC(=O)c1ccc(CN(C)S(=O)(=O)c2ccccc2Br)cc1. The smallest absolute Gasteiger partial charge is 0.251 e. The van der Waals surface area contributed by atoms with Crippen molar-refractivity contribution >= 4 is 31.9 Å². The van der Waals surface area contributed by atoms with E-state index in [4.69, 9.17) is 0 Å². The van der Waals surface area contributed by atoms with E-state index >= 15 is 0 Å². The monoisotopic (exact) mass is 396 g/mol. The molecule has 2 rings (SSSR count). The van der Waals surface area contributed by atoms with E-state index in [1.807, 2.05) is 0 Å². The zero-order valence-corrected chi connectivity index (χ0v) is 15.2. The highest BCUT2D eigenvalue weighted by Gasteiger charge is 2.23. The lowest BCUT2D eigenvalue weighted by atomic mass is 10.1. The molecule has 122 valence electrons. The zero-order chi connectivity index (χ0) is 17.0. The maximum absolute atomic E-state index is 12.6. The van der Waals surface area contributed by atoms with Gasteiger partial charge in [0.1, 0.15) is 0 Å². The number of hydrogen-bond donors (Lipinski definition) is 1. The predicted molar refractivity (Wildman–Crippen MR) is 92.6 cm³/mol. The molecule has 0 aromatic heterocycles. The molecule has 23 heavy (non-hydrogen) atoms. The predicted octanol–water partition coefficient (Wildman–Crippen LogP) is 2.63. The molecule has 7 heteroatoms. The van der Waals surface area contributed by atoms with Gasteiger partial charge in [0.05, 0.1) is 4.90 Å². The van der Waals surface area contributed by atoms with Crippen molar-refractivity contribution in [3.05, 3.63) is 64.1 Å². The quantitative estimate of drug-likeness (QED) is 0.844. The Morgan fingerprint density at radius 1 is 1.13 bits per heavy atom. The molecule has 0 radical (unpaired) electrons. The van der Waals surface area contributed by atoms with Crippen molar-refractivity contribution in [1.29, 1.82) is 0 Å². The third kappa shape index (κ3) is 3.99. The van der Waals surface area contributed by atoms with Crippen LogP contribution in [0.15, 0.2) is 57.9 Å². The Hall–Kier alpha value is -1.70. The summed E-state index contributed by atoms with van der Waals surface area (Å²) in [6, 6.07) is 13.5. The van der Waals surface area contributed by atoms with Crippen LogP contribution in [0.2, 0.25) is 0 Å². The van der Waals surface area contributed by atoms with Gasteiger partial charge in [-0.1, -0.05) is 24.3 Å². The summed E-state index contributed by atoms with van der Waals surface area (Å²) < 4.78 is 27.0. The van der Waals surface area contributed by atoms with E-state index in [9.17, 15) is 13.2 Å². The van der Waals surface area contributed by atoms with Gasteiger partial charge in [-0.3, -0.25) is 4.79 Å². The van der Waals surface area contributed by atoms with Gasteiger partial charge in [0.2, 0.25) is 10.0 Å².